The van der Waals surface area contributed by atoms with E-state index in [9.17, 15) is 4.55 Å². The molecule has 100 valence electrons. The van der Waals surface area contributed by atoms with Gasteiger partial charge < -0.3 is 9.29 Å². The molecule has 0 saturated carbocycles. The predicted molar refractivity (Wildman–Crippen MR) is 75.1 cm³/mol. The van der Waals surface area contributed by atoms with Gasteiger partial charge in [-0.3, -0.25) is 0 Å². The second-order valence-corrected chi connectivity index (χ2v) is 7.68. The summed E-state index contributed by atoms with van der Waals surface area (Å²) in [6.45, 7) is 8.73. The summed E-state index contributed by atoms with van der Waals surface area (Å²) in [7, 11) is 0. The first-order valence-electron chi connectivity index (χ1n) is 6.31. The highest BCUT2D eigenvalue weighted by atomic mass is 32.2. The molecule has 4 heteroatoms. The largest absolute Gasteiger partial charge is 0.598 e. The smallest absolute Gasteiger partial charge is 0.136 e. The molecule has 0 aliphatic carbocycles. The van der Waals surface area contributed by atoms with Crippen molar-refractivity contribution in [3.8, 4) is 5.75 Å². The Labute approximate surface area is 112 Å². The maximum atomic E-state index is 12.1. The summed E-state index contributed by atoms with van der Waals surface area (Å²) in [6, 6.07) is 6.29. The van der Waals surface area contributed by atoms with Crippen molar-refractivity contribution < 1.29 is 9.29 Å². The van der Waals surface area contributed by atoms with Gasteiger partial charge in [0.2, 0.25) is 0 Å². The second kappa shape index (κ2) is 5.11. The van der Waals surface area contributed by atoms with E-state index in [2.05, 4.69) is 10.8 Å². The minimum Gasteiger partial charge on any atom is -0.598 e. The lowest BCUT2D eigenvalue weighted by Gasteiger charge is -2.26. The van der Waals surface area contributed by atoms with Crippen LogP contribution in [0.25, 0.3) is 0 Å². The van der Waals surface area contributed by atoms with E-state index >= 15 is 0 Å². The lowest BCUT2D eigenvalue weighted by molar-refractivity contribution is 0.357. The Bertz CT molecular complexity index is 428. The monoisotopic (exact) mass is 267 g/mol. The van der Waals surface area contributed by atoms with Crippen molar-refractivity contribution in [2.24, 2.45) is 0 Å². The third-order valence-electron chi connectivity index (χ3n) is 3.05. The summed E-state index contributed by atoms with van der Waals surface area (Å²) in [5, 5.41) is 0. The zero-order chi connectivity index (χ0) is 13.3. The topological polar surface area (TPSA) is 44.3 Å². The molecule has 1 aromatic rings. The molecule has 1 N–H and O–H groups in total. The Kier molecular flexibility index (Phi) is 3.90. The Morgan fingerprint density at radius 2 is 2.11 bits per heavy atom. The molecule has 1 heterocycles. The third kappa shape index (κ3) is 2.99. The minimum absolute atomic E-state index is 0.0796. The molecule has 2 atom stereocenters. The molecule has 3 nitrogen and oxygen atoms in total. The van der Waals surface area contributed by atoms with Gasteiger partial charge in [-0.25, -0.2) is 0 Å². The van der Waals surface area contributed by atoms with Crippen LogP contribution in [0, 0.1) is 0 Å². The van der Waals surface area contributed by atoms with Crippen LogP contribution in [0.15, 0.2) is 18.2 Å². The fraction of sp³-hybridized carbons (Fsp3) is 0.571. The first kappa shape index (κ1) is 13.7. The van der Waals surface area contributed by atoms with Crippen LogP contribution in [0.3, 0.4) is 0 Å². The normalized spacial score (nSPS) is 18.1. The van der Waals surface area contributed by atoms with E-state index < -0.39 is 11.4 Å². The summed E-state index contributed by atoms with van der Waals surface area (Å²) in [6.07, 6.45) is 0.970. The SMILES string of the molecule is CC(N[S@@+]([O-])C(C)(C)C)c1ccc2c(c1)CCO2. The highest BCUT2D eigenvalue weighted by Gasteiger charge is 2.28. The van der Waals surface area contributed by atoms with Crippen LogP contribution < -0.4 is 9.46 Å². The van der Waals surface area contributed by atoms with E-state index in [0.29, 0.717) is 0 Å². The fourth-order valence-corrected chi connectivity index (χ4v) is 2.69. The van der Waals surface area contributed by atoms with Crippen molar-refractivity contribution in [1.82, 2.24) is 4.72 Å². The second-order valence-electron chi connectivity index (χ2n) is 5.69. The van der Waals surface area contributed by atoms with Crippen molar-refractivity contribution in [3.63, 3.8) is 0 Å². The van der Waals surface area contributed by atoms with Gasteiger partial charge in [-0.05, 0) is 44.9 Å². The lowest BCUT2D eigenvalue weighted by atomic mass is 10.0. The van der Waals surface area contributed by atoms with Crippen LogP contribution in [0.5, 0.6) is 5.75 Å². The predicted octanol–water partition coefficient (Wildman–Crippen LogP) is 2.73. The van der Waals surface area contributed by atoms with Gasteiger partial charge in [0.1, 0.15) is 10.5 Å². The maximum Gasteiger partial charge on any atom is 0.136 e. The molecule has 18 heavy (non-hydrogen) atoms. The molecular weight excluding hydrogens is 246 g/mol. The number of benzene rings is 1. The summed E-state index contributed by atoms with van der Waals surface area (Å²) in [4.78, 5) is 0. The number of fused-ring (bicyclic) bond motifs is 1. The molecule has 1 unspecified atom stereocenters. The van der Waals surface area contributed by atoms with Crippen molar-refractivity contribution in [1.29, 1.82) is 0 Å². The Balaban J connectivity index is 2.07. The standard InChI is InChI=1S/C14H21NO2S/c1-10(15-18(16)14(2,3)4)11-5-6-13-12(9-11)7-8-17-13/h5-6,9-10,15H,7-8H2,1-4H3/t10?,18-/m0/s1. The molecule has 0 saturated heterocycles. The van der Waals surface area contributed by atoms with Gasteiger partial charge >= 0.3 is 0 Å². The molecule has 0 bridgehead atoms. The van der Waals surface area contributed by atoms with Crippen LogP contribution in [0.1, 0.15) is 44.9 Å². The minimum atomic E-state index is -1.05. The van der Waals surface area contributed by atoms with Crippen LogP contribution >= 0.6 is 0 Å². The summed E-state index contributed by atoms with van der Waals surface area (Å²) in [5.41, 5.74) is 2.42. The molecule has 0 amide bonds. The van der Waals surface area contributed by atoms with Crippen molar-refractivity contribution in [2.45, 2.75) is 44.9 Å². The molecular formula is C14H21NO2S. The molecule has 0 fully saturated rings. The van der Waals surface area contributed by atoms with Gasteiger partial charge in [-0.2, -0.15) is 0 Å². The van der Waals surface area contributed by atoms with Crippen LogP contribution in [-0.2, 0) is 17.8 Å². The van der Waals surface area contributed by atoms with E-state index in [4.69, 9.17) is 4.74 Å². The molecule has 1 aliphatic rings. The number of nitrogens with one attached hydrogen (secondary N) is 1. The van der Waals surface area contributed by atoms with E-state index in [1.165, 1.54) is 5.56 Å². The zero-order valence-electron chi connectivity index (χ0n) is 11.4. The zero-order valence-corrected chi connectivity index (χ0v) is 12.3. The number of hydrogen-bond donors (Lipinski definition) is 1. The van der Waals surface area contributed by atoms with Gasteiger partial charge in [-0.15, -0.1) is 4.72 Å². The molecule has 1 aromatic carbocycles. The van der Waals surface area contributed by atoms with E-state index in [1.54, 1.807) is 0 Å². The summed E-state index contributed by atoms with van der Waals surface area (Å²) >= 11 is -1.05. The molecule has 1 aliphatic heterocycles. The quantitative estimate of drug-likeness (QED) is 0.856. The highest BCUT2D eigenvalue weighted by Crippen LogP contribution is 2.28. The Morgan fingerprint density at radius 1 is 1.39 bits per heavy atom. The Hall–Kier alpha value is -0.710. The van der Waals surface area contributed by atoms with E-state index in [-0.39, 0.29) is 10.8 Å². The molecule has 2 rings (SSSR count). The number of ether oxygens (including phenoxy) is 1. The average molecular weight is 267 g/mol. The van der Waals surface area contributed by atoms with Crippen LogP contribution in [0.4, 0.5) is 0 Å². The number of rotatable bonds is 3. The Morgan fingerprint density at radius 3 is 2.78 bits per heavy atom. The number of hydrogen-bond acceptors (Lipinski definition) is 3. The molecule has 0 aromatic heterocycles. The van der Waals surface area contributed by atoms with Crippen LogP contribution in [0.2, 0.25) is 0 Å². The average Bonchev–Trinajstić information content (AvgIpc) is 2.74. The highest BCUT2D eigenvalue weighted by molar-refractivity contribution is 7.90. The first-order valence-corrected chi connectivity index (χ1v) is 7.46. The lowest BCUT2D eigenvalue weighted by Crippen LogP contribution is -2.40. The molecule has 0 radical (unpaired) electrons. The first-order chi connectivity index (χ1) is 8.38. The van der Waals surface area contributed by atoms with E-state index in [1.807, 2.05) is 39.8 Å². The summed E-state index contributed by atoms with van der Waals surface area (Å²) < 4.78 is 20.5. The fourth-order valence-electron chi connectivity index (χ4n) is 1.88. The van der Waals surface area contributed by atoms with Gasteiger partial charge in [0, 0.05) is 17.8 Å². The van der Waals surface area contributed by atoms with Crippen molar-refractivity contribution in [2.75, 3.05) is 6.61 Å². The summed E-state index contributed by atoms with van der Waals surface area (Å²) in [5.74, 6) is 0.989. The third-order valence-corrected chi connectivity index (χ3v) is 4.73. The van der Waals surface area contributed by atoms with Gasteiger partial charge in [0.05, 0.1) is 12.6 Å². The van der Waals surface area contributed by atoms with Gasteiger partial charge in [0.25, 0.3) is 0 Å². The van der Waals surface area contributed by atoms with Crippen LogP contribution in [-0.4, -0.2) is 15.9 Å². The van der Waals surface area contributed by atoms with Gasteiger partial charge in [-0.1, -0.05) is 12.1 Å². The van der Waals surface area contributed by atoms with Crippen molar-refractivity contribution in [3.05, 3.63) is 29.3 Å². The van der Waals surface area contributed by atoms with E-state index in [0.717, 1.165) is 24.3 Å². The maximum absolute atomic E-state index is 12.1. The van der Waals surface area contributed by atoms with Gasteiger partial charge in [0.15, 0.2) is 0 Å². The van der Waals surface area contributed by atoms with Crippen molar-refractivity contribution >= 4 is 11.4 Å². The molecule has 0 spiro atoms.